The fraction of sp³-hybridized carbons (Fsp3) is 0.250. The number of nitrogens with one attached hydrogen (secondary N) is 1. The van der Waals surface area contributed by atoms with E-state index in [-0.39, 0.29) is 0 Å². The monoisotopic (exact) mass is 200 g/mol. The molecular weight excluding hydrogens is 188 g/mol. The van der Waals surface area contributed by atoms with E-state index >= 15 is 0 Å². The number of nitrogens with zero attached hydrogens (tertiary/aromatic N) is 1. The number of benzene rings is 1. The largest absolute Gasteiger partial charge is 0.471 e. The highest BCUT2D eigenvalue weighted by molar-refractivity contribution is 5.88. The van der Waals surface area contributed by atoms with Crippen LogP contribution in [0.5, 0.6) is 0 Å². The summed E-state index contributed by atoms with van der Waals surface area (Å²) in [5, 5.41) is 5.58. The lowest BCUT2D eigenvalue weighted by molar-refractivity contribution is 0.572. The summed E-state index contributed by atoms with van der Waals surface area (Å²) < 4.78 is 5.14. The van der Waals surface area contributed by atoms with Gasteiger partial charge in [-0.15, -0.1) is 0 Å². The second kappa shape index (κ2) is 3.42. The van der Waals surface area contributed by atoms with Crippen LogP contribution in [0.4, 0.5) is 0 Å². The summed E-state index contributed by atoms with van der Waals surface area (Å²) in [6.07, 6.45) is 4.44. The molecule has 0 fully saturated rings. The molecule has 0 amide bonds. The third-order valence-electron chi connectivity index (χ3n) is 2.66. The molecule has 3 heteroatoms. The molecule has 1 aliphatic rings. The number of hydrogen-bond donors (Lipinski definition) is 1. The highest BCUT2D eigenvalue weighted by atomic mass is 16.3. The number of amidine groups is 1. The fourth-order valence-electron chi connectivity index (χ4n) is 1.88. The molecule has 3 nitrogen and oxygen atoms in total. The Labute approximate surface area is 87.8 Å². The van der Waals surface area contributed by atoms with Crippen molar-refractivity contribution in [2.45, 2.75) is 6.42 Å². The van der Waals surface area contributed by atoms with Gasteiger partial charge in [0.25, 0.3) is 0 Å². The van der Waals surface area contributed by atoms with E-state index in [2.05, 4.69) is 28.5 Å². The topological polar surface area (TPSA) is 37.5 Å². The van der Waals surface area contributed by atoms with Gasteiger partial charge in [-0.05, 0) is 11.6 Å². The number of aliphatic imine (C=N–C) groups is 1. The lowest BCUT2D eigenvalue weighted by Crippen LogP contribution is -2.20. The number of rotatable bonds is 2. The zero-order valence-corrected chi connectivity index (χ0v) is 8.36. The molecule has 1 aromatic heterocycles. The molecular formula is C12H12N2O. The van der Waals surface area contributed by atoms with Crippen molar-refractivity contribution in [3.8, 4) is 0 Å². The van der Waals surface area contributed by atoms with E-state index in [9.17, 15) is 0 Å². The van der Waals surface area contributed by atoms with Gasteiger partial charge in [0.2, 0.25) is 0 Å². The Morgan fingerprint density at radius 1 is 1.27 bits per heavy atom. The van der Waals surface area contributed by atoms with Crippen LogP contribution in [0.1, 0.15) is 5.56 Å². The summed E-state index contributed by atoms with van der Waals surface area (Å²) in [5.41, 5.74) is 1.28. The molecule has 0 radical (unpaired) electrons. The van der Waals surface area contributed by atoms with Gasteiger partial charge in [0.15, 0.2) is 0 Å². The summed E-state index contributed by atoms with van der Waals surface area (Å²) >= 11 is 0. The van der Waals surface area contributed by atoms with Gasteiger partial charge in [-0.2, -0.15) is 0 Å². The minimum Gasteiger partial charge on any atom is -0.471 e. The summed E-state index contributed by atoms with van der Waals surface area (Å²) in [6.45, 7) is 1.88. The van der Waals surface area contributed by atoms with Crippen molar-refractivity contribution in [1.29, 1.82) is 0 Å². The molecule has 15 heavy (non-hydrogen) atoms. The Kier molecular flexibility index (Phi) is 1.95. The van der Waals surface area contributed by atoms with Crippen molar-refractivity contribution in [2.75, 3.05) is 13.1 Å². The first-order chi connectivity index (χ1) is 7.42. The van der Waals surface area contributed by atoms with Gasteiger partial charge in [-0.1, -0.05) is 12.1 Å². The predicted octanol–water partition coefficient (Wildman–Crippen LogP) is 1.98. The molecule has 76 valence electrons. The SMILES string of the molecule is c1cc2cocc2cc1CC1=NCCN1. The summed E-state index contributed by atoms with van der Waals surface area (Å²) in [5.74, 6) is 1.10. The van der Waals surface area contributed by atoms with Gasteiger partial charge < -0.3 is 9.73 Å². The average Bonchev–Trinajstić information content (AvgIpc) is 2.87. The highest BCUT2D eigenvalue weighted by Crippen LogP contribution is 2.17. The second-order valence-electron chi connectivity index (χ2n) is 3.77. The lowest BCUT2D eigenvalue weighted by atomic mass is 10.1. The Morgan fingerprint density at radius 3 is 3.07 bits per heavy atom. The van der Waals surface area contributed by atoms with E-state index in [1.807, 2.05) is 0 Å². The number of fused-ring (bicyclic) bond motifs is 1. The van der Waals surface area contributed by atoms with E-state index in [0.29, 0.717) is 0 Å². The van der Waals surface area contributed by atoms with Crippen LogP contribution in [0.15, 0.2) is 40.1 Å². The van der Waals surface area contributed by atoms with Crippen molar-refractivity contribution in [1.82, 2.24) is 5.32 Å². The first kappa shape index (κ1) is 8.53. The Bertz CT molecular complexity index is 513. The molecule has 2 heterocycles. The van der Waals surface area contributed by atoms with E-state index in [1.165, 1.54) is 5.56 Å². The van der Waals surface area contributed by atoms with Crippen molar-refractivity contribution < 1.29 is 4.42 Å². The van der Waals surface area contributed by atoms with Gasteiger partial charge >= 0.3 is 0 Å². The molecule has 1 aliphatic heterocycles. The van der Waals surface area contributed by atoms with E-state index < -0.39 is 0 Å². The van der Waals surface area contributed by atoms with Gasteiger partial charge in [-0.25, -0.2) is 0 Å². The first-order valence-electron chi connectivity index (χ1n) is 5.14. The van der Waals surface area contributed by atoms with Gasteiger partial charge in [0, 0.05) is 23.7 Å². The second-order valence-corrected chi connectivity index (χ2v) is 3.77. The number of furan rings is 1. The molecule has 2 aromatic rings. The highest BCUT2D eigenvalue weighted by Gasteiger charge is 2.06. The molecule has 0 bridgehead atoms. The van der Waals surface area contributed by atoms with Crippen LogP contribution >= 0.6 is 0 Å². The maximum atomic E-state index is 5.14. The lowest BCUT2D eigenvalue weighted by Gasteiger charge is -2.02. The molecule has 3 rings (SSSR count). The van der Waals surface area contributed by atoms with Crippen LogP contribution in [-0.4, -0.2) is 18.9 Å². The fourth-order valence-corrected chi connectivity index (χ4v) is 1.88. The van der Waals surface area contributed by atoms with Crippen LogP contribution < -0.4 is 5.32 Å². The van der Waals surface area contributed by atoms with Crippen LogP contribution in [0.25, 0.3) is 10.8 Å². The standard InChI is InChI=1S/C12H12N2O/c1-2-10-7-15-8-11(10)5-9(1)6-12-13-3-4-14-12/h1-2,5,7-8H,3-4,6H2,(H,13,14). The zero-order chi connectivity index (χ0) is 10.1. The Balaban J connectivity index is 1.90. The number of hydrogen-bond acceptors (Lipinski definition) is 3. The molecule has 1 N–H and O–H groups in total. The van der Waals surface area contributed by atoms with Crippen molar-refractivity contribution in [2.24, 2.45) is 4.99 Å². The van der Waals surface area contributed by atoms with Gasteiger partial charge in [-0.3, -0.25) is 4.99 Å². The third kappa shape index (κ3) is 1.61. The van der Waals surface area contributed by atoms with Gasteiger partial charge in [0.05, 0.1) is 19.1 Å². The normalized spacial score (nSPS) is 15.3. The summed E-state index contributed by atoms with van der Waals surface area (Å²) in [6, 6.07) is 6.37. The minimum atomic E-state index is 0.890. The molecule has 0 unspecified atom stereocenters. The van der Waals surface area contributed by atoms with Crippen molar-refractivity contribution >= 4 is 16.6 Å². The molecule has 0 saturated carbocycles. The smallest absolute Gasteiger partial charge is 0.101 e. The van der Waals surface area contributed by atoms with E-state index in [1.54, 1.807) is 12.5 Å². The van der Waals surface area contributed by atoms with Gasteiger partial charge in [0.1, 0.15) is 5.84 Å². The van der Waals surface area contributed by atoms with E-state index in [0.717, 1.165) is 36.1 Å². The Morgan fingerprint density at radius 2 is 2.20 bits per heavy atom. The van der Waals surface area contributed by atoms with Crippen LogP contribution in [-0.2, 0) is 6.42 Å². The molecule has 0 atom stereocenters. The first-order valence-corrected chi connectivity index (χ1v) is 5.14. The molecule has 1 aromatic carbocycles. The zero-order valence-electron chi connectivity index (χ0n) is 8.36. The van der Waals surface area contributed by atoms with Crippen LogP contribution in [0.2, 0.25) is 0 Å². The molecule has 0 saturated heterocycles. The van der Waals surface area contributed by atoms with Crippen molar-refractivity contribution in [3.63, 3.8) is 0 Å². The summed E-state index contributed by atoms with van der Waals surface area (Å²) in [7, 11) is 0. The third-order valence-corrected chi connectivity index (χ3v) is 2.66. The average molecular weight is 200 g/mol. The minimum absolute atomic E-state index is 0.890. The van der Waals surface area contributed by atoms with E-state index in [4.69, 9.17) is 4.42 Å². The molecule has 0 spiro atoms. The predicted molar refractivity (Wildman–Crippen MR) is 60.2 cm³/mol. The van der Waals surface area contributed by atoms with Crippen LogP contribution in [0, 0.1) is 0 Å². The maximum absolute atomic E-state index is 5.14. The molecule has 0 aliphatic carbocycles. The quantitative estimate of drug-likeness (QED) is 0.804. The summed E-state index contributed by atoms with van der Waals surface area (Å²) in [4.78, 5) is 4.38. The Hall–Kier alpha value is -1.77. The van der Waals surface area contributed by atoms with Crippen molar-refractivity contribution in [3.05, 3.63) is 36.3 Å². The maximum Gasteiger partial charge on any atom is 0.101 e. The van der Waals surface area contributed by atoms with Crippen LogP contribution in [0.3, 0.4) is 0 Å².